The van der Waals surface area contributed by atoms with Gasteiger partial charge in [0.1, 0.15) is 0 Å². The van der Waals surface area contributed by atoms with Crippen molar-refractivity contribution in [2.75, 3.05) is 13.1 Å². The van der Waals surface area contributed by atoms with E-state index < -0.39 is 0 Å². The molecule has 0 aliphatic carbocycles. The van der Waals surface area contributed by atoms with Crippen LogP contribution in [0.2, 0.25) is 5.02 Å². The molecule has 0 bridgehead atoms. The minimum absolute atomic E-state index is 0. The second kappa shape index (κ2) is 7.34. The zero-order chi connectivity index (χ0) is 12.3. The molecule has 2 rings (SSSR count). The molecule has 1 aromatic rings. The standard InChI is InChI=1S/C12H14BrClN2O.ClH/c13-10-5-1-4-9(11(10)14)12(17)16-8-3-2-6-15-7-8;/h1,4-5,8,15H,2-3,6-7H2,(H,16,17);1H. The highest BCUT2D eigenvalue weighted by atomic mass is 79.9. The van der Waals surface area contributed by atoms with Gasteiger partial charge in [-0.05, 0) is 47.4 Å². The van der Waals surface area contributed by atoms with Crippen LogP contribution in [0, 0.1) is 0 Å². The lowest BCUT2D eigenvalue weighted by Gasteiger charge is -2.24. The third-order valence-corrected chi connectivity index (χ3v) is 4.12. The summed E-state index contributed by atoms with van der Waals surface area (Å²) in [6.45, 7) is 1.86. The van der Waals surface area contributed by atoms with E-state index in [1.807, 2.05) is 12.1 Å². The van der Waals surface area contributed by atoms with Crippen molar-refractivity contribution in [3.05, 3.63) is 33.3 Å². The molecule has 1 aliphatic rings. The topological polar surface area (TPSA) is 41.1 Å². The van der Waals surface area contributed by atoms with Crippen LogP contribution in [0.1, 0.15) is 23.2 Å². The van der Waals surface area contributed by atoms with Crippen LogP contribution in [-0.2, 0) is 0 Å². The maximum absolute atomic E-state index is 12.0. The summed E-state index contributed by atoms with van der Waals surface area (Å²) in [6, 6.07) is 5.57. The average molecular weight is 354 g/mol. The molecule has 1 aliphatic heterocycles. The second-order valence-corrected chi connectivity index (χ2v) is 5.35. The second-order valence-electron chi connectivity index (χ2n) is 4.12. The van der Waals surface area contributed by atoms with Crippen LogP contribution in [0.25, 0.3) is 0 Å². The minimum atomic E-state index is -0.106. The number of nitrogens with one attached hydrogen (secondary N) is 2. The number of hydrogen-bond donors (Lipinski definition) is 2. The molecule has 3 nitrogen and oxygen atoms in total. The van der Waals surface area contributed by atoms with Gasteiger partial charge < -0.3 is 10.6 Å². The van der Waals surface area contributed by atoms with E-state index >= 15 is 0 Å². The normalized spacial score (nSPS) is 18.9. The van der Waals surface area contributed by atoms with Crippen molar-refractivity contribution in [2.24, 2.45) is 0 Å². The Kier molecular flexibility index (Phi) is 6.43. The molecule has 1 amide bonds. The Morgan fingerprint density at radius 1 is 1.50 bits per heavy atom. The SMILES string of the molecule is Cl.O=C(NC1CCCNC1)c1cccc(Br)c1Cl. The van der Waals surface area contributed by atoms with Gasteiger partial charge >= 0.3 is 0 Å². The van der Waals surface area contributed by atoms with E-state index in [1.165, 1.54) is 0 Å². The highest BCUT2D eigenvalue weighted by Gasteiger charge is 2.18. The largest absolute Gasteiger partial charge is 0.348 e. The van der Waals surface area contributed by atoms with Crippen molar-refractivity contribution in [1.82, 2.24) is 10.6 Å². The lowest BCUT2D eigenvalue weighted by Crippen LogP contribution is -2.45. The van der Waals surface area contributed by atoms with E-state index in [0.717, 1.165) is 30.4 Å². The fourth-order valence-corrected chi connectivity index (χ4v) is 2.50. The fourth-order valence-electron chi connectivity index (χ4n) is 1.92. The van der Waals surface area contributed by atoms with Gasteiger partial charge in [-0.15, -0.1) is 12.4 Å². The molecule has 0 spiro atoms. The van der Waals surface area contributed by atoms with Gasteiger partial charge in [-0.25, -0.2) is 0 Å². The highest BCUT2D eigenvalue weighted by Crippen LogP contribution is 2.26. The van der Waals surface area contributed by atoms with Gasteiger partial charge in [0.25, 0.3) is 5.91 Å². The first-order valence-electron chi connectivity index (χ1n) is 5.64. The van der Waals surface area contributed by atoms with Crippen molar-refractivity contribution in [3.8, 4) is 0 Å². The monoisotopic (exact) mass is 352 g/mol. The summed E-state index contributed by atoms with van der Waals surface area (Å²) < 4.78 is 0.744. The molecule has 2 N–H and O–H groups in total. The summed E-state index contributed by atoms with van der Waals surface area (Å²) in [5, 5.41) is 6.72. The molecule has 0 aromatic heterocycles. The molecule has 18 heavy (non-hydrogen) atoms. The molecule has 1 heterocycles. The zero-order valence-corrected chi connectivity index (χ0v) is 12.9. The van der Waals surface area contributed by atoms with Crippen LogP contribution in [0.4, 0.5) is 0 Å². The number of carbonyl (C=O) groups excluding carboxylic acids is 1. The van der Waals surface area contributed by atoms with E-state index in [0.29, 0.717) is 10.6 Å². The van der Waals surface area contributed by atoms with E-state index in [9.17, 15) is 4.79 Å². The van der Waals surface area contributed by atoms with Gasteiger partial charge in [-0.1, -0.05) is 17.7 Å². The Morgan fingerprint density at radius 3 is 2.94 bits per heavy atom. The van der Waals surface area contributed by atoms with Crippen LogP contribution in [0.3, 0.4) is 0 Å². The zero-order valence-electron chi connectivity index (χ0n) is 9.71. The molecule has 1 saturated heterocycles. The van der Waals surface area contributed by atoms with Crippen molar-refractivity contribution < 1.29 is 4.79 Å². The van der Waals surface area contributed by atoms with Crippen LogP contribution in [0.5, 0.6) is 0 Å². The lowest BCUT2D eigenvalue weighted by molar-refractivity contribution is 0.0931. The molecule has 0 saturated carbocycles. The maximum Gasteiger partial charge on any atom is 0.253 e. The molecular weight excluding hydrogens is 339 g/mol. The van der Waals surface area contributed by atoms with Gasteiger partial charge in [0.15, 0.2) is 0 Å². The number of halogens is 3. The lowest BCUT2D eigenvalue weighted by atomic mass is 10.1. The summed E-state index contributed by atoms with van der Waals surface area (Å²) in [6.07, 6.45) is 2.11. The average Bonchev–Trinajstić information content (AvgIpc) is 2.34. The summed E-state index contributed by atoms with van der Waals surface area (Å²) >= 11 is 9.40. The Morgan fingerprint density at radius 2 is 2.28 bits per heavy atom. The number of carbonyl (C=O) groups is 1. The van der Waals surface area contributed by atoms with Gasteiger partial charge in [-0.3, -0.25) is 4.79 Å². The predicted octanol–water partition coefficient (Wildman–Crippen LogP) is 3.01. The molecule has 1 atom stereocenters. The van der Waals surface area contributed by atoms with Crippen molar-refractivity contribution in [2.45, 2.75) is 18.9 Å². The summed E-state index contributed by atoms with van der Waals surface area (Å²) in [7, 11) is 0. The fraction of sp³-hybridized carbons (Fsp3) is 0.417. The Balaban J connectivity index is 0.00000162. The third-order valence-electron chi connectivity index (χ3n) is 2.83. The first-order valence-corrected chi connectivity index (χ1v) is 6.81. The minimum Gasteiger partial charge on any atom is -0.348 e. The number of piperidine rings is 1. The molecule has 1 fully saturated rings. The van der Waals surface area contributed by atoms with Crippen molar-refractivity contribution >= 4 is 45.8 Å². The van der Waals surface area contributed by atoms with E-state index in [-0.39, 0.29) is 24.4 Å². The summed E-state index contributed by atoms with van der Waals surface area (Å²) in [5.41, 5.74) is 0.520. The van der Waals surface area contributed by atoms with Gasteiger partial charge in [0, 0.05) is 17.1 Å². The van der Waals surface area contributed by atoms with E-state index in [4.69, 9.17) is 11.6 Å². The molecule has 1 unspecified atom stereocenters. The van der Waals surface area contributed by atoms with Crippen LogP contribution < -0.4 is 10.6 Å². The first-order chi connectivity index (χ1) is 8.18. The molecule has 0 radical (unpaired) electrons. The maximum atomic E-state index is 12.0. The van der Waals surface area contributed by atoms with E-state index in [2.05, 4.69) is 26.6 Å². The predicted molar refractivity (Wildman–Crippen MR) is 79.8 cm³/mol. The van der Waals surface area contributed by atoms with Crippen LogP contribution >= 0.6 is 39.9 Å². The molecule has 6 heteroatoms. The Labute approximate surface area is 126 Å². The summed E-state index contributed by atoms with van der Waals surface area (Å²) in [4.78, 5) is 12.0. The van der Waals surface area contributed by atoms with Crippen LogP contribution in [-0.4, -0.2) is 25.0 Å². The van der Waals surface area contributed by atoms with Crippen molar-refractivity contribution in [1.29, 1.82) is 0 Å². The third kappa shape index (κ3) is 3.85. The van der Waals surface area contributed by atoms with Gasteiger partial charge in [-0.2, -0.15) is 0 Å². The molecular formula is C12H15BrCl2N2O. The van der Waals surface area contributed by atoms with Crippen molar-refractivity contribution in [3.63, 3.8) is 0 Å². The summed E-state index contributed by atoms with van der Waals surface area (Å²) in [5.74, 6) is -0.106. The first kappa shape index (κ1) is 15.8. The number of hydrogen-bond acceptors (Lipinski definition) is 2. The smallest absolute Gasteiger partial charge is 0.253 e. The molecule has 1 aromatic carbocycles. The number of amides is 1. The van der Waals surface area contributed by atoms with Crippen LogP contribution in [0.15, 0.2) is 22.7 Å². The Hall–Kier alpha value is -0.290. The number of rotatable bonds is 2. The highest BCUT2D eigenvalue weighted by molar-refractivity contribution is 9.10. The van der Waals surface area contributed by atoms with Gasteiger partial charge in [0.2, 0.25) is 0 Å². The Bertz CT molecular complexity index is 423. The van der Waals surface area contributed by atoms with Gasteiger partial charge in [0.05, 0.1) is 10.6 Å². The molecule has 100 valence electrons. The quantitative estimate of drug-likeness (QED) is 0.858. The van der Waals surface area contributed by atoms with E-state index in [1.54, 1.807) is 6.07 Å². The number of benzene rings is 1.